The number of hydrogen-bond donors (Lipinski definition) is 1. The normalized spacial score (nSPS) is 12.6. The molecule has 0 saturated carbocycles. The van der Waals surface area contributed by atoms with Gasteiger partial charge in [-0.1, -0.05) is 48.4 Å². The molecule has 3 aromatic carbocycles. The van der Waals surface area contributed by atoms with Gasteiger partial charge in [0.15, 0.2) is 0 Å². The van der Waals surface area contributed by atoms with Crippen molar-refractivity contribution in [2.75, 3.05) is 25.1 Å². The van der Waals surface area contributed by atoms with Gasteiger partial charge in [-0.05, 0) is 69.2 Å². The zero-order valence-corrected chi connectivity index (χ0v) is 26.3. The second-order valence-electron chi connectivity index (χ2n) is 10.0. The van der Waals surface area contributed by atoms with E-state index in [9.17, 15) is 18.0 Å². The summed E-state index contributed by atoms with van der Waals surface area (Å²) < 4.78 is 40.1. The number of nitrogens with one attached hydrogen (secondary N) is 1. The Morgan fingerprint density at radius 1 is 0.976 bits per heavy atom. The van der Waals surface area contributed by atoms with E-state index < -0.39 is 28.5 Å². The van der Waals surface area contributed by atoms with E-state index in [4.69, 9.17) is 21.1 Å². The number of carbonyl (C=O) groups is 2. The van der Waals surface area contributed by atoms with Crippen LogP contribution in [0, 0.1) is 6.92 Å². The Labute approximate surface area is 253 Å². The fourth-order valence-electron chi connectivity index (χ4n) is 4.22. The Hall–Kier alpha value is -3.76. The summed E-state index contributed by atoms with van der Waals surface area (Å²) in [6, 6.07) is 17.0. The average Bonchev–Trinajstić information content (AvgIpc) is 2.97. The summed E-state index contributed by atoms with van der Waals surface area (Å²) >= 11 is 6.21. The lowest BCUT2D eigenvalue weighted by atomic mass is 10.1. The Morgan fingerprint density at radius 2 is 1.67 bits per heavy atom. The number of nitrogens with zero attached hydrogens (tertiary/aromatic N) is 2. The number of methoxy groups -OCH3 is 2. The van der Waals surface area contributed by atoms with Gasteiger partial charge >= 0.3 is 0 Å². The van der Waals surface area contributed by atoms with Crippen molar-refractivity contribution >= 4 is 39.1 Å². The molecule has 3 aromatic rings. The van der Waals surface area contributed by atoms with Crippen LogP contribution in [0.2, 0.25) is 5.02 Å². The fraction of sp³-hybridized carbons (Fsp3) is 0.355. The van der Waals surface area contributed by atoms with Crippen molar-refractivity contribution < 1.29 is 27.5 Å². The smallest absolute Gasteiger partial charge is 0.264 e. The number of rotatable bonds is 13. The fourth-order valence-corrected chi connectivity index (χ4v) is 5.85. The number of sulfonamides is 1. The molecule has 11 heteroatoms. The van der Waals surface area contributed by atoms with Gasteiger partial charge in [-0.15, -0.1) is 0 Å². The minimum Gasteiger partial charge on any atom is -0.497 e. The molecule has 2 atom stereocenters. The summed E-state index contributed by atoms with van der Waals surface area (Å²) in [5.74, 6) is -0.350. The summed E-state index contributed by atoms with van der Waals surface area (Å²) in [5, 5.41) is 3.39. The quantitative estimate of drug-likeness (QED) is 0.284. The second-order valence-corrected chi connectivity index (χ2v) is 12.3. The van der Waals surface area contributed by atoms with Crippen LogP contribution in [0.3, 0.4) is 0 Å². The van der Waals surface area contributed by atoms with E-state index in [1.54, 1.807) is 55.5 Å². The first-order chi connectivity index (χ1) is 19.9. The van der Waals surface area contributed by atoms with Gasteiger partial charge in [0.2, 0.25) is 11.8 Å². The van der Waals surface area contributed by atoms with E-state index in [2.05, 4.69) is 5.32 Å². The van der Waals surface area contributed by atoms with Crippen molar-refractivity contribution in [2.24, 2.45) is 0 Å². The number of halogens is 1. The molecule has 2 unspecified atom stereocenters. The molecule has 0 radical (unpaired) electrons. The highest BCUT2D eigenvalue weighted by atomic mass is 35.5. The van der Waals surface area contributed by atoms with E-state index >= 15 is 0 Å². The number of benzene rings is 3. The summed E-state index contributed by atoms with van der Waals surface area (Å²) in [4.78, 5) is 28.7. The topological polar surface area (TPSA) is 105 Å². The third kappa shape index (κ3) is 7.95. The zero-order valence-electron chi connectivity index (χ0n) is 24.8. The minimum absolute atomic E-state index is 0.00488. The van der Waals surface area contributed by atoms with Crippen molar-refractivity contribution in [3.8, 4) is 11.5 Å². The summed E-state index contributed by atoms with van der Waals surface area (Å²) in [6.45, 7) is 6.70. The van der Waals surface area contributed by atoms with Crippen molar-refractivity contribution in [1.29, 1.82) is 0 Å². The van der Waals surface area contributed by atoms with E-state index in [0.717, 1.165) is 9.87 Å². The van der Waals surface area contributed by atoms with E-state index in [1.807, 2.05) is 20.8 Å². The summed E-state index contributed by atoms with van der Waals surface area (Å²) in [5.41, 5.74) is 1.68. The van der Waals surface area contributed by atoms with Crippen LogP contribution in [0.5, 0.6) is 11.5 Å². The van der Waals surface area contributed by atoms with E-state index in [1.165, 1.54) is 37.3 Å². The molecule has 3 rings (SSSR count). The van der Waals surface area contributed by atoms with Crippen molar-refractivity contribution in [3.63, 3.8) is 0 Å². The first-order valence-corrected chi connectivity index (χ1v) is 15.4. The van der Waals surface area contributed by atoms with Gasteiger partial charge in [0, 0.05) is 23.7 Å². The predicted molar refractivity (Wildman–Crippen MR) is 165 cm³/mol. The molecule has 0 fully saturated rings. The largest absolute Gasteiger partial charge is 0.497 e. The molecule has 0 aromatic heterocycles. The van der Waals surface area contributed by atoms with Crippen LogP contribution in [-0.2, 0) is 26.2 Å². The molecule has 2 amide bonds. The van der Waals surface area contributed by atoms with Crippen LogP contribution in [-0.4, -0.2) is 58.0 Å². The maximum absolute atomic E-state index is 14.1. The van der Waals surface area contributed by atoms with E-state index in [0.29, 0.717) is 22.8 Å². The first kappa shape index (κ1) is 32.8. The average molecular weight is 616 g/mol. The van der Waals surface area contributed by atoms with Gasteiger partial charge in [-0.2, -0.15) is 0 Å². The SMILES string of the molecule is CCC(C)NC(=O)C(C)N(Cc1cccc(Cl)c1)C(=O)CN(c1cc(OC)ccc1OC)S(=O)(=O)c1ccc(C)cc1. The van der Waals surface area contributed by atoms with Crippen LogP contribution in [0.25, 0.3) is 0 Å². The molecule has 42 heavy (non-hydrogen) atoms. The van der Waals surface area contributed by atoms with Gasteiger partial charge in [0.1, 0.15) is 24.1 Å². The van der Waals surface area contributed by atoms with Gasteiger partial charge in [-0.3, -0.25) is 13.9 Å². The molecular formula is C31H38ClN3O6S. The monoisotopic (exact) mass is 615 g/mol. The van der Waals surface area contributed by atoms with Gasteiger partial charge < -0.3 is 19.7 Å². The molecule has 0 saturated heterocycles. The molecule has 0 bridgehead atoms. The zero-order chi connectivity index (χ0) is 31.0. The highest BCUT2D eigenvalue weighted by Crippen LogP contribution is 2.36. The molecule has 0 aliphatic carbocycles. The van der Waals surface area contributed by atoms with Crippen molar-refractivity contribution in [1.82, 2.24) is 10.2 Å². The number of anilines is 1. The Balaban J connectivity index is 2.12. The lowest BCUT2D eigenvalue weighted by Gasteiger charge is -2.33. The standard InChI is InChI=1S/C31H38ClN3O6S/c1-7-22(3)33-31(37)23(4)34(19-24-9-8-10-25(32)17-24)30(36)20-35(28-18-26(40-5)13-16-29(28)41-6)42(38,39)27-14-11-21(2)12-15-27/h8-18,22-23H,7,19-20H2,1-6H3,(H,33,37). The van der Waals surface area contributed by atoms with Gasteiger partial charge in [-0.25, -0.2) is 8.42 Å². The van der Waals surface area contributed by atoms with Gasteiger partial charge in [0.05, 0.1) is 24.8 Å². The Morgan fingerprint density at radius 3 is 2.26 bits per heavy atom. The number of aryl methyl sites for hydroxylation is 1. The summed E-state index contributed by atoms with van der Waals surface area (Å²) in [6.07, 6.45) is 0.707. The lowest BCUT2D eigenvalue weighted by Crippen LogP contribution is -2.52. The maximum atomic E-state index is 14.1. The number of hydrogen-bond acceptors (Lipinski definition) is 6. The van der Waals surface area contributed by atoms with Crippen LogP contribution >= 0.6 is 11.6 Å². The summed E-state index contributed by atoms with van der Waals surface area (Å²) in [7, 11) is -1.41. The maximum Gasteiger partial charge on any atom is 0.264 e. The molecular weight excluding hydrogens is 578 g/mol. The molecule has 0 heterocycles. The molecule has 0 aliphatic heterocycles. The van der Waals surface area contributed by atoms with Crippen molar-refractivity contribution in [2.45, 2.75) is 57.6 Å². The highest BCUT2D eigenvalue weighted by Gasteiger charge is 2.34. The number of amides is 2. The van der Waals surface area contributed by atoms with Crippen LogP contribution in [0.15, 0.2) is 71.6 Å². The van der Waals surface area contributed by atoms with Crippen LogP contribution in [0.1, 0.15) is 38.3 Å². The van der Waals surface area contributed by atoms with Crippen LogP contribution in [0.4, 0.5) is 5.69 Å². The molecule has 0 spiro atoms. The number of carbonyl (C=O) groups excluding carboxylic acids is 2. The lowest BCUT2D eigenvalue weighted by molar-refractivity contribution is -0.139. The molecule has 0 aliphatic rings. The third-order valence-electron chi connectivity index (χ3n) is 6.95. The van der Waals surface area contributed by atoms with E-state index in [-0.39, 0.29) is 34.8 Å². The highest BCUT2D eigenvalue weighted by molar-refractivity contribution is 7.92. The number of ether oxygens (including phenoxy) is 2. The Kier molecular flexibility index (Phi) is 11.2. The predicted octanol–water partition coefficient (Wildman–Crippen LogP) is 5.19. The Bertz CT molecular complexity index is 1500. The molecule has 9 nitrogen and oxygen atoms in total. The molecule has 1 N–H and O–H groups in total. The first-order valence-electron chi connectivity index (χ1n) is 13.6. The van der Waals surface area contributed by atoms with Gasteiger partial charge in [0.25, 0.3) is 10.0 Å². The third-order valence-corrected chi connectivity index (χ3v) is 8.96. The van der Waals surface area contributed by atoms with Crippen molar-refractivity contribution in [3.05, 3.63) is 82.9 Å². The molecule has 226 valence electrons. The second kappa shape index (κ2) is 14.4. The minimum atomic E-state index is -4.28. The van der Waals surface area contributed by atoms with Crippen LogP contribution < -0.4 is 19.1 Å².